The lowest BCUT2D eigenvalue weighted by molar-refractivity contribution is 0.126. The minimum atomic E-state index is -0.862. The summed E-state index contributed by atoms with van der Waals surface area (Å²) >= 11 is 3.38. The second-order valence-corrected chi connectivity index (χ2v) is 5.25. The van der Waals surface area contributed by atoms with E-state index in [0.717, 1.165) is 10.0 Å². The van der Waals surface area contributed by atoms with E-state index in [1.54, 1.807) is 0 Å². The maximum atomic E-state index is 11.0. The summed E-state index contributed by atoms with van der Waals surface area (Å²) in [5, 5.41) is 9.01. The Bertz CT molecular complexity index is 407. The monoisotopic (exact) mass is 298 g/mol. The summed E-state index contributed by atoms with van der Waals surface area (Å²) in [5.41, 5.74) is 7.18. The van der Waals surface area contributed by atoms with Gasteiger partial charge in [0.15, 0.2) is 0 Å². The van der Waals surface area contributed by atoms with Crippen LogP contribution in [0.3, 0.4) is 0 Å². The molecule has 0 aromatic heterocycles. The van der Waals surface area contributed by atoms with Crippen LogP contribution in [0, 0.1) is 0 Å². The summed E-state index contributed by atoms with van der Waals surface area (Å²) in [6, 6.07) is 7.95. The van der Waals surface area contributed by atoms with Gasteiger partial charge in [0.25, 0.3) is 0 Å². The van der Waals surface area contributed by atoms with Crippen molar-refractivity contribution < 1.29 is 9.90 Å². The summed E-state index contributed by atoms with van der Waals surface area (Å²) in [5.74, 6) is 0.0907. The number of rotatable bonds is 1. The molecule has 92 valence electrons. The molecule has 0 radical (unpaired) electrons. The fraction of sp³-hybridized carbons (Fsp3) is 0.417. The molecule has 2 unspecified atom stereocenters. The van der Waals surface area contributed by atoms with E-state index in [4.69, 9.17) is 10.8 Å². The third-order valence-electron chi connectivity index (χ3n) is 3.23. The van der Waals surface area contributed by atoms with Gasteiger partial charge in [-0.15, -0.1) is 0 Å². The number of hydrogen-bond acceptors (Lipinski definition) is 2. The topological polar surface area (TPSA) is 66.6 Å². The summed E-state index contributed by atoms with van der Waals surface area (Å²) in [4.78, 5) is 12.4. The smallest absolute Gasteiger partial charge is 0.407 e. The normalized spacial score (nSPS) is 24.7. The fourth-order valence-corrected chi connectivity index (χ4v) is 2.47. The number of halogens is 1. The number of carbonyl (C=O) groups is 1. The van der Waals surface area contributed by atoms with Gasteiger partial charge < -0.3 is 15.7 Å². The molecule has 0 spiro atoms. The zero-order chi connectivity index (χ0) is 12.4. The van der Waals surface area contributed by atoms with E-state index in [1.807, 2.05) is 24.3 Å². The van der Waals surface area contributed by atoms with E-state index in [9.17, 15) is 4.79 Å². The third kappa shape index (κ3) is 2.79. The number of nitrogens with two attached hydrogens (primary N) is 1. The van der Waals surface area contributed by atoms with Gasteiger partial charge in [-0.2, -0.15) is 0 Å². The number of nitrogens with zero attached hydrogens (tertiary/aromatic N) is 1. The lowest BCUT2D eigenvalue weighted by Gasteiger charge is -2.35. The van der Waals surface area contributed by atoms with E-state index >= 15 is 0 Å². The Kier molecular flexibility index (Phi) is 3.69. The molecule has 1 aliphatic rings. The number of hydrogen-bond donors (Lipinski definition) is 2. The zero-order valence-corrected chi connectivity index (χ0v) is 10.9. The molecule has 0 aliphatic carbocycles. The molecule has 1 aromatic carbocycles. The standard InChI is InChI=1S/C12H15BrN2O2/c13-9-3-1-8(2-4-9)10-7-15(12(16)17)6-5-11(10)14/h1-4,10-11H,5-7,14H2,(H,16,17). The van der Waals surface area contributed by atoms with Gasteiger partial charge in [-0.1, -0.05) is 28.1 Å². The van der Waals surface area contributed by atoms with Crippen LogP contribution < -0.4 is 5.73 Å². The van der Waals surface area contributed by atoms with Gasteiger partial charge in [-0.3, -0.25) is 0 Å². The van der Waals surface area contributed by atoms with Gasteiger partial charge >= 0.3 is 6.09 Å². The van der Waals surface area contributed by atoms with Gasteiger partial charge in [0.1, 0.15) is 0 Å². The number of benzene rings is 1. The molecule has 3 N–H and O–H groups in total. The molecular weight excluding hydrogens is 284 g/mol. The Balaban J connectivity index is 2.17. The molecule has 5 heteroatoms. The first-order valence-electron chi connectivity index (χ1n) is 5.57. The first kappa shape index (κ1) is 12.4. The van der Waals surface area contributed by atoms with Crippen LogP contribution in [0.1, 0.15) is 17.9 Å². The average molecular weight is 299 g/mol. The number of amides is 1. The summed E-state index contributed by atoms with van der Waals surface area (Å²) in [7, 11) is 0. The van der Waals surface area contributed by atoms with Crippen molar-refractivity contribution in [3.05, 3.63) is 34.3 Å². The second-order valence-electron chi connectivity index (χ2n) is 4.34. The zero-order valence-electron chi connectivity index (χ0n) is 9.34. The maximum Gasteiger partial charge on any atom is 0.407 e. The molecule has 1 fully saturated rings. The minimum absolute atomic E-state index is 0.0341. The maximum absolute atomic E-state index is 11.0. The molecule has 2 atom stereocenters. The van der Waals surface area contributed by atoms with E-state index in [1.165, 1.54) is 4.90 Å². The van der Waals surface area contributed by atoms with Crippen molar-refractivity contribution in [2.75, 3.05) is 13.1 Å². The number of likely N-dealkylation sites (tertiary alicyclic amines) is 1. The van der Waals surface area contributed by atoms with E-state index in [-0.39, 0.29) is 12.0 Å². The van der Waals surface area contributed by atoms with Crippen LogP contribution in [-0.2, 0) is 0 Å². The molecule has 17 heavy (non-hydrogen) atoms. The number of carboxylic acid groups (broad SMARTS) is 1. The summed E-state index contributed by atoms with van der Waals surface area (Å²) in [6.45, 7) is 1.02. The van der Waals surface area contributed by atoms with Gasteiger partial charge in [0, 0.05) is 29.5 Å². The van der Waals surface area contributed by atoms with Crippen molar-refractivity contribution in [2.24, 2.45) is 5.73 Å². The molecule has 1 aromatic rings. The first-order valence-corrected chi connectivity index (χ1v) is 6.36. The van der Waals surface area contributed by atoms with Crippen molar-refractivity contribution >= 4 is 22.0 Å². The van der Waals surface area contributed by atoms with Crippen molar-refractivity contribution in [3.63, 3.8) is 0 Å². The molecule has 1 aliphatic heterocycles. The highest BCUT2D eigenvalue weighted by molar-refractivity contribution is 9.10. The van der Waals surface area contributed by atoms with E-state index < -0.39 is 6.09 Å². The summed E-state index contributed by atoms with van der Waals surface area (Å²) in [6.07, 6.45) is -0.147. The highest BCUT2D eigenvalue weighted by Gasteiger charge is 2.30. The molecule has 0 saturated carbocycles. The molecule has 1 amide bonds. The molecule has 1 heterocycles. The average Bonchev–Trinajstić information content (AvgIpc) is 2.31. The molecular formula is C12H15BrN2O2. The van der Waals surface area contributed by atoms with Crippen molar-refractivity contribution in [3.8, 4) is 0 Å². The second kappa shape index (κ2) is 5.06. The quantitative estimate of drug-likeness (QED) is 0.836. The van der Waals surface area contributed by atoms with Gasteiger partial charge in [0.2, 0.25) is 0 Å². The predicted molar refractivity (Wildman–Crippen MR) is 69.1 cm³/mol. The van der Waals surface area contributed by atoms with Crippen LogP contribution in [0.15, 0.2) is 28.7 Å². The molecule has 2 rings (SSSR count). The largest absolute Gasteiger partial charge is 0.465 e. The van der Waals surface area contributed by atoms with Crippen LogP contribution in [0.25, 0.3) is 0 Å². The van der Waals surface area contributed by atoms with E-state index in [2.05, 4.69) is 15.9 Å². The van der Waals surface area contributed by atoms with E-state index in [0.29, 0.717) is 19.5 Å². The fourth-order valence-electron chi connectivity index (χ4n) is 2.21. The molecule has 0 bridgehead atoms. The Morgan fingerprint density at radius 3 is 2.65 bits per heavy atom. The predicted octanol–water partition coefficient (Wildman–Crippen LogP) is 2.24. The molecule has 1 saturated heterocycles. The van der Waals surface area contributed by atoms with Crippen LogP contribution in [-0.4, -0.2) is 35.2 Å². The van der Waals surface area contributed by atoms with Gasteiger partial charge in [-0.25, -0.2) is 4.79 Å². The highest BCUT2D eigenvalue weighted by atomic mass is 79.9. The Hall–Kier alpha value is -1.07. The third-order valence-corrected chi connectivity index (χ3v) is 3.76. The molecule has 4 nitrogen and oxygen atoms in total. The SMILES string of the molecule is NC1CCN(C(=O)O)CC1c1ccc(Br)cc1. The van der Waals surface area contributed by atoms with Crippen LogP contribution >= 0.6 is 15.9 Å². The lowest BCUT2D eigenvalue weighted by atomic mass is 9.87. The highest BCUT2D eigenvalue weighted by Crippen LogP contribution is 2.27. The van der Waals surface area contributed by atoms with Crippen molar-refractivity contribution in [1.29, 1.82) is 0 Å². The van der Waals surface area contributed by atoms with Crippen molar-refractivity contribution in [1.82, 2.24) is 4.90 Å². The van der Waals surface area contributed by atoms with Crippen LogP contribution in [0.2, 0.25) is 0 Å². The van der Waals surface area contributed by atoms with Crippen molar-refractivity contribution in [2.45, 2.75) is 18.4 Å². The Morgan fingerprint density at radius 1 is 1.41 bits per heavy atom. The van der Waals surface area contributed by atoms with Crippen LogP contribution in [0.4, 0.5) is 4.79 Å². The lowest BCUT2D eigenvalue weighted by Crippen LogP contribution is -2.47. The summed E-state index contributed by atoms with van der Waals surface area (Å²) < 4.78 is 1.01. The van der Waals surface area contributed by atoms with Crippen LogP contribution in [0.5, 0.6) is 0 Å². The Labute approximate surface area is 109 Å². The number of piperidine rings is 1. The van der Waals surface area contributed by atoms with Gasteiger partial charge in [-0.05, 0) is 24.1 Å². The first-order chi connectivity index (χ1) is 8.08. The van der Waals surface area contributed by atoms with Gasteiger partial charge in [0.05, 0.1) is 0 Å². The minimum Gasteiger partial charge on any atom is -0.465 e. The Morgan fingerprint density at radius 2 is 2.06 bits per heavy atom.